The molecule has 0 aliphatic carbocycles. The van der Waals surface area contributed by atoms with Crippen molar-refractivity contribution in [1.82, 2.24) is 19.1 Å². The summed E-state index contributed by atoms with van der Waals surface area (Å²) >= 11 is 12.7. The van der Waals surface area contributed by atoms with Gasteiger partial charge in [0.05, 0.1) is 59.5 Å². The number of esters is 1. The number of hydrogen-bond acceptors (Lipinski definition) is 23. The maximum absolute atomic E-state index is 12.1. The van der Waals surface area contributed by atoms with Crippen molar-refractivity contribution in [1.29, 1.82) is 0 Å². The molecule has 0 radical (unpaired) electrons. The zero-order chi connectivity index (χ0) is 45.5. The summed E-state index contributed by atoms with van der Waals surface area (Å²) in [5.74, 6) is 1.01. The number of carbonyl (C=O) groups is 4. The van der Waals surface area contributed by atoms with Gasteiger partial charge in [0.15, 0.2) is 0 Å². The van der Waals surface area contributed by atoms with Crippen LogP contribution in [0.25, 0.3) is 0 Å². The van der Waals surface area contributed by atoms with Gasteiger partial charge in [-0.05, 0) is 18.6 Å². The second-order valence-electron chi connectivity index (χ2n) is 11.8. The van der Waals surface area contributed by atoms with Crippen molar-refractivity contribution in [2.45, 2.75) is 51.0 Å². The Hall–Kier alpha value is -3.76. The Morgan fingerprint density at radius 1 is 0.714 bits per heavy atom. The monoisotopic (exact) mass is 979 g/mol. The smallest absolute Gasteiger partial charge is 0.463 e. The van der Waals surface area contributed by atoms with Gasteiger partial charge in [-0.2, -0.15) is 9.97 Å². The number of thioether (sulfide) groups is 2. The fourth-order valence-corrected chi connectivity index (χ4v) is 6.56. The third-order valence-electron chi connectivity index (χ3n) is 7.29. The highest BCUT2D eigenvalue weighted by atomic mass is 35.5. The standard InChI is InChI=1S/C19H28N2O9S.C8H12Cl2O6.C8H11N3O3S.CH4/c1-3-15-4-5-21(18(23)20-15)16-13-31-17(30-16)12-29-19(24)28-11-9-26-7-6-25-8-10-27-14(2)22;9-7(11)15-5-3-13-1-2-14-4-6-16-8(10)12;9-5-1-2-11(8(13)10-5)6-4-15-7(3-12)14-6;/h4-5,16-17H,3,6-13H2,1-2H3;1-6H2;1-2,6-7,12H,3-4H2,(H2,9,10,13);1H4. The van der Waals surface area contributed by atoms with E-state index in [4.69, 9.17) is 76.7 Å². The Morgan fingerprint density at radius 3 is 1.60 bits per heavy atom. The molecule has 4 atom stereocenters. The van der Waals surface area contributed by atoms with E-state index in [9.17, 15) is 28.8 Å². The first-order valence-corrected chi connectivity index (χ1v) is 21.6. The summed E-state index contributed by atoms with van der Waals surface area (Å²) in [5.41, 5.74) is 2.93. The zero-order valence-corrected chi connectivity index (χ0v) is 37.1. The van der Waals surface area contributed by atoms with Crippen LogP contribution >= 0.6 is 46.7 Å². The summed E-state index contributed by atoms with van der Waals surface area (Å²) in [7, 11) is 0. The van der Waals surface area contributed by atoms with Gasteiger partial charge in [-0.3, -0.25) is 13.9 Å². The van der Waals surface area contributed by atoms with Gasteiger partial charge in [-0.25, -0.2) is 24.0 Å². The number of carbonyl (C=O) groups excluding carboxylic acids is 4. The molecule has 2 saturated heterocycles. The normalized spacial score (nSPS) is 17.5. The molecule has 4 unspecified atom stereocenters. The van der Waals surface area contributed by atoms with E-state index in [2.05, 4.69) is 19.4 Å². The number of anilines is 1. The molecule has 2 aromatic heterocycles. The summed E-state index contributed by atoms with van der Waals surface area (Å²) in [6.07, 6.45) is 2.26. The van der Waals surface area contributed by atoms with E-state index < -0.39 is 34.4 Å². The molecule has 0 bridgehead atoms. The summed E-state index contributed by atoms with van der Waals surface area (Å²) in [4.78, 5) is 73.5. The van der Waals surface area contributed by atoms with Crippen molar-refractivity contribution in [2.24, 2.45) is 0 Å². The number of aryl methyl sites for hydroxylation is 1. The van der Waals surface area contributed by atoms with Crippen LogP contribution in [0.1, 0.15) is 39.4 Å². The first-order chi connectivity index (χ1) is 29.8. The SMILES string of the molecule is C.CCc1ccn(C2CSC(COC(=O)OCCOCCOCCOC(C)=O)O2)c(=O)n1.Nc1ccn(C2CSC(CO)O2)c(=O)n1.O=C(Cl)OCCOCCOCCOC(=O)Cl. The first kappa shape index (κ1) is 57.3. The van der Waals surface area contributed by atoms with Crippen LogP contribution in [-0.4, -0.2) is 162 Å². The van der Waals surface area contributed by atoms with Crippen molar-refractivity contribution in [2.75, 3.05) is 110 Å². The van der Waals surface area contributed by atoms with Crippen LogP contribution in [-0.2, 0) is 63.3 Å². The minimum Gasteiger partial charge on any atom is -0.463 e. The Balaban J connectivity index is 0.000000521. The fourth-order valence-electron chi connectivity index (χ4n) is 4.48. The molecule has 4 heterocycles. The summed E-state index contributed by atoms with van der Waals surface area (Å²) in [6.45, 7) is 5.98. The fraction of sp³-hybridized carbons (Fsp3) is 0.667. The Bertz CT molecular complexity index is 1730. The van der Waals surface area contributed by atoms with Crippen molar-refractivity contribution in [3.63, 3.8) is 0 Å². The lowest BCUT2D eigenvalue weighted by molar-refractivity contribution is -0.142. The number of halogens is 2. The highest BCUT2D eigenvalue weighted by Crippen LogP contribution is 2.31. The van der Waals surface area contributed by atoms with Crippen molar-refractivity contribution >= 4 is 75.5 Å². The van der Waals surface area contributed by atoms with E-state index in [1.807, 2.05) is 6.92 Å². The van der Waals surface area contributed by atoms with Crippen LogP contribution in [0.2, 0.25) is 0 Å². The minimum atomic E-state index is -0.859. The number of rotatable bonds is 24. The van der Waals surface area contributed by atoms with E-state index in [0.29, 0.717) is 51.0 Å². The van der Waals surface area contributed by atoms with Gasteiger partial charge < -0.3 is 62.9 Å². The number of nitrogen functional groups attached to an aromatic ring is 1. The number of aromatic nitrogens is 4. The van der Waals surface area contributed by atoms with Crippen molar-refractivity contribution < 1.29 is 76.4 Å². The van der Waals surface area contributed by atoms with Crippen LogP contribution in [0.3, 0.4) is 0 Å². The summed E-state index contributed by atoms with van der Waals surface area (Å²) in [6, 6.07) is 3.33. The van der Waals surface area contributed by atoms with Crippen LogP contribution in [0.4, 0.5) is 20.2 Å². The van der Waals surface area contributed by atoms with Gasteiger partial charge in [-0.15, -0.1) is 23.5 Å². The van der Waals surface area contributed by atoms with Gasteiger partial charge in [0.25, 0.3) is 0 Å². The second-order valence-corrected chi connectivity index (χ2v) is 14.8. The van der Waals surface area contributed by atoms with Gasteiger partial charge in [0.1, 0.15) is 62.2 Å². The average Bonchev–Trinajstić information content (AvgIpc) is 3.92. The van der Waals surface area contributed by atoms with Crippen LogP contribution < -0.4 is 17.1 Å². The van der Waals surface area contributed by atoms with Gasteiger partial charge >= 0.3 is 34.4 Å². The van der Waals surface area contributed by atoms with E-state index in [-0.39, 0.29) is 96.0 Å². The molecule has 0 amide bonds. The quantitative estimate of drug-likeness (QED) is 0.0662. The Labute approximate surface area is 381 Å². The topological polar surface area (TPSA) is 286 Å². The highest BCUT2D eigenvalue weighted by molar-refractivity contribution is 8.00. The van der Waals surface area contributed by atoms with Crippen molar-refractivity contribution in [3.8, 4) is 0 Å². The molecule has 4 rings (SSSR count). The molecule has 27 heteroatoms. The average molecular weight is 981 g/mol. The molecule has 2 aliphatic rings. The number of ether oxygens (including phenoxy) is 11. The highest BCUT2D eigenvalue weighted by Gasteiger charge is 2.29. The third kappa shape index (κ3) is 26.6. The van der Waals surface area contributed by atoms with Crippen LogP contribution in [0.15, 0.2) is 34.1 Å². The van der Waals surface area contributed by atoms with Gasteiger partial charge in [-0.1, -0.05) is 14.4 Å². The molecule has 2 aromatic rings. The molecule has 0 aromatic carbocycles. The molecule has 2 fully saturated rings. The Morgan fingerprint density at radius 2 is 1.16 bits per heavy atom. The zero-order valence-electron chi connectivity index (χ0n) is 34.0. The molecule has 0 saturated carbocycles. The molecule has 0 spiro atoms. The van der Waals surface area contributed by atoms with E-state index >= 15 is 0 Å². The summed E-state index contributed by atoms with van der Waals surface area (Å²) in [5, 5.41) is 8.88. The maximum Gasteiger partial charge on any atom is 0.508 e. The largest absolute Gasteiger partial charge is 0.508 e. The lowest BCUT2D eigenvalue weighted by Crippen LogP contribution is -2.29. The van der Waals surface area contributed by atoms with E-state index in [1.54, 1.807) is 24.5 Å². The molecule has 63 heavy (non-hydrogen) atoms. The predicted molar refractivity (Wildman–Crippen MR) is 229 cm³/mol. The number of aliphatic hydroxyl groups is 1. The third-order valence-corrected chi connectivity index (χ3v) is 9.71. The summed E-state index contributed by atoms with van der Waals surface area (Å²) < 4.78 is 57.9. The second kappa shape index (κ2) is 34.6. The lowest BCUT2D eigenvalue weighted by Gasteiger charge is -2.15. The molecule has 23 nitrogen and oxygen atoms in total. The number of hydrogen-bond donors (Lipinski definition) is 2. The maximum atomic E-state index is 12.1. The van der Waals surface area contributed by atoms with E-state index in [0.717, 1.165) is 5.69 Å². The predicted octanol–water partition coefficient (Wildman–Crippen LogP) is 2.96. The van der Waals surface area contributed by atoms with Gasteiger partial charge in [0.2, 0.25) is 0 Å². The number of nitrogens with two attached hydrogens (primary N) is 1. The molecular formula is C36H55Cl2N5O18S2. The van der Waals surface area contributed by atoms with Crippen LogP contribution in [0.5, 0.6) is 0 Å². The Kier molecular flexibility index (Phi) is 31.5. The lowest BCUT2D eigenvalue weighted by atomic mass is 10.3. The molecule has 2 aliphatic heterocycles. The minimum absolute atomic E-state index is 0. The first-order valence-electron chi connectivity index (χ1n) is 18.8. The van der Waals surface area contributed by atoms with Gasteiger partial charge in [0, 0.05) is 59.7 Å². The number of aliphatic hydroxyl groups excluding tert-OH is 1. The van der Waals surface area contributed by atoms with Crippen molar-refractivity contribution in [3.05, 3.63) is 51.2 Å². The molecule has 358 valence electrons. The molecular weight excluding hydrogens is 925 g/mol. The number of nitrogens with zero attached hydrogens (tertiary/aromatic N) is 4. The van der Waals surface area contributed by atoms with E-state index in [1.165, 1.54) is 39.6 Å². The molecule has 3 N–H and O–H groups in total. The van der Waals surface area contributed by atoms with Crippen LogP contribution in [0, 0.1) is 0 Å².